The maximum Gasteiger partial charge on any atom is 0.469 e. The summed E-state index contributed by atoms with van der Waals surface area (Å²) < 4.78 is 4.38. The predicted molar refractivity (Wildman–Crippen MR) is 118 cm³/mol. The van der Waals surface area contributed by atoms with Gasteiger partial charge in [0, 0.05) is 29.2 Å². The second-order valence-electron chi connectivity index (χ2n) is 7.24. The molecule has 0 fully saturated rings. The van der Waals surface area contributed by atoms with Gasteiger partial charge in [0.25, 0.3) is 11.7 Å². The Bertz CT molecular complexity index is 1220. The van der Waals surface area contributed by atoms with Crippen molar-refractivity contribution in [2.24, 2.45) is 5.11 Å². The van der Waals surface area contributed by atoms with Crippen LogP contribution >= 0.6 is 0 Å². The van der Waals surface area contributed by atoms with E-state index in [0.29, 0.717) is 11.4 Å². The molecule has 0 saturated heterocycles. The van der Waals surface area contributed by atoms with Gasteiger partial charge in [-0.2, -0.15) is 0 Å². The Hall–Kier alpha value is -3.90. The number of rotatable bonds is 4. The highest BCUT2D eigenvalue weighted by Gasteiger charge is 2.35. The molecule has 6 heteroatoms. The highest BCUT2D eigenvalue weighted by molar-refractivity contribution is 6.07. The maximum absolute atomic E-state index is 12.7. The van der Waals surface area contributed by atoms with Crippen molar-refractivity contribution in [2.45, 2.75) is 40.0 Å². The van der Waals surface area contributed by atoms with Crippen molar-refractivity contribution in [3.8, 4) is 11.8 Å². The molecule has 1 amide bonds. The van der Waals surface area contributed by atoms with E-state index in [4.69, 9.17) is 0 Å². The standard InChI is InChI=1S/C24H22N5O/c1-4-17-7-10-21(12-17)26-24(30)19-8-6-16(3)18(13-19)9-11-22-27-28-23-14-20(5-2)25-15-29(22)23/h6,8,10,12-15H,4-5,7H2,1-3H3/q+1/p+1. The van der Waals surface area contributed by atoms with Gasteiger partial charge in [-0.1, -0.05) is 42.3 Å². The maximum atomic E-state index is 12.7. The van der Waals surface area contributed by atoms with Crippen LogP contribution in [0.1, 0.15) is 54.6 Å². The Labute approximate surface area is 175 Å². The summed E-state index contributed by atoms with van der Waals surface area (Å²) >= 11 is 0. The number of aryl methyl sites for hydroxylation is 1. The number of fused-ring (bicyclic) bond motifs is 1. The number of benzene rings is 1. The van der Waals surface area contributed by atoms with Crippen LogP contribution in [-0.4, -0.2) is 33.5 Å². The number of hydrogen-bond donors (Lipinski definition) is 1. The highest BCUT2D eigenvalue weighted by Crippen LogP contribution is 2.19. The van der Waals surface area contributed by atoms with Crippen molar-refractivity contribution in [2.75, 3.05) is 0 Å². The zero-order valence-electron chi connectivity index (χ0n) is 17.4. The summed E-state index contributed by atoms with van der Waals surface area (Å²) in [5.41, 5.74) is 5.49. The zero-order valence-corrected chi connectivity index (χ0v) is 17.4. The molecule has 0 saturated carbocycles. The smallest absolute Gasteiger partial charge is 0.322 e. The third-order valence-corrected chi connectivity index (χ3v) is 5.18. The number of hydrogen-bond acceptors (Lipinski definition) is 3. The van der Waals surface area contributed by atoms with E-state index < -0.39 is 0 Å². The van der Waals surface area contributed by atoms with Crippen LogP contribution in [0.25, 0.3) is 0 Å². The molecule has 3 aliphatic rings. The summed E-state index contributed by atoms with van der Waals surface area (Å²) in [4.78, 5) is 18.6. The fraction of sp³-hybridized carbons (Fsp3) is 0.250. The molecular formula is C24H23N5O+2. The molecule has 0 atom stereocenters. The molecule has 0 aromatic heterocycles. The predicted octanol–water partition coefficient (Wildman–Crippen LogP) is 2.88. The van der Waals surface area contributed by atoms with Crippen LogP contribution in [-0.2, 0) is 0 Å². The molecule has 6 nitrogen and oxygen atoms in total. The largest absolute Gasteiger partial charge is 0.469 e. The Kier molecular flexibility index (Phi) is 5.32. The van der Waals surface area contributed by atoms with Crippen molar-refractivity contribution >= 4 is 23.8 Å². The lowest BCUT2D eigenvalue weighted by Crippen LogP contribution is -2.29. The first-order chi connectivity index (χ1) is 14.6. The van der Waals surface area contributed by atoms with Crippen molar-refractivity contribution in [3.63, 3.8) is 0 Å². The summed E-state index contributed by atoms with van der Waals surface area (Å²) in [6.45, 7) is 6.13. The van der Waals surface area contributed by atoms with Gasteiger partial charge < -0.3 is 5.32 Å². The van der Waals surface area contributed by atoms with Gasteiger partial charge in [0.05, 0.1) is 11.2 Å². The fourth-order valence-electron chi connectivity index (χ4n) is 3.25. The molecule has 1 aliphatic carbocycles. The molecule has 4 rings (SSSR count). The topological polar surface area (TPSA) is 72.9 Å². The van der Waals surface area contributed by atoms with Gasteiger partial charge in [-0.05, 0) is 43.5 Å². The highest BCUT2D eigenvalue weighted by atomic mass is 16.1. The second kappa shape index (κ2) is 8.23. The van der Waals surface area contributed by atoms with Gasteiger partial charge in [-0.15, -0.1) is 4.90 Å². The number of amides is 1. The van der Waals surface area contributed by atoms with E-state index in [-0.39, 0.29) is 5.91 Å². The number of nitrogens with zero attached hydrogens (tertiary/aromatic N) is 4. The number of allylic oxidation sites excluding steroid dienone is 4. The Balaban J connectivity index is 1.53. The molecule has 1 aromatic rings. The van der Waals surface area contributed by atoms with E-state index >= 15 is 0 Å². The van der Waals surface area contributed by atoms with E-state index in [1.165, 1.54) is 5.57 Å². The molecule has 0 bridgehead atoms. The van der Waals surface area contributed by atoms with Crippen LogP contribution in [0.5, 0.6) is 0 Å². The van der Waals surface area contributed by atoms with Crippen molar-refractivity contribution in [1.82, 2.24) is 14.9 Å². The molecular weight excluding hydrogens is 374 g/mol. The third-order valence-electron chi connectivity index (χ3n) is 5.18. The summed E-state index contributed by atoms with van der Waals surface area (Å²) in [5, 5.41) is 7.15. The van der Waals surface area contributed by atoms with Gasteiger partial charge in [0.15, 0.2) is 0 Å². The van der Waals surface area contributed by atoms with Crippen LogP contribution in [0, 0.1) is 18.8 Å². The molecule has 2 aliphatic heterocycles. The average Bonchev–Trinajstić information content (AvgIpc) is 3.39. The number of nitrogens with one attached hydrogen (secondary N) is 1. The first-order valence-electron chi connectivity index (χ1n) is 10.1. The molecule has 1 aromatic carbocycles. The van der Waals surface area contributed by atoms with E-state index in [1.807, 2.05) is 50.3 Å². The monoisotopic (exact) mass is 397 g/mol. The molecule has 30 heavy (non-hydrogen) atoms. The van der Waals surface area contributed by atoms with Gasteiger partial charge in [0.2, 0.25) is 5.71 Å². The third kappa shape index (κ3) is 3.94. The average molecular weight is 397 g/mol. The first-order valence-corrected chi connectivity index (χ1v) is 10.1. The normalized spacial score (nSPS) is 16.1. The Morgan fingerprint density at radius 3 is 2.87 bits per heavy atom. The Morgan fingerprint density at radius 1 is 1.23 bits per heavy atom. The summed E-state index contributed by atoms with van der Waals surface area (Å²) in [5.74, 6) is 7.30. The summed E-state index contributed by atoms with van der Waals surface area (Å²) in [7, 11) is 0. The summed E-state index contributed by atoms with van der Waals surface area (Å²) in [6.07, 6.45) is 10.4. The second-order valence-corrected chi connectivity index (χ2v) is 7.24. The number of carbonyl (C=O) groups is 1. The minimum atomic E-state index is -0.137. The van der Waals surface area contributed by atoms with Gasteiger partial charge in [-0.25, -0.2) is 4.67 Å². The zero-order chi connectivity index (χ0) is 21.1. The minimum Gasteiger partial charge on any atom is -0.322 e. The molecule has 0 unspecified atom stereocenters. The Morgan fingerprint density at radius 2 is 2.10 bits per heavy atom. The minimum absolute atomic E-state index is 0.137. The van der Waals surface area contributed by atoms with Gasteiger partial charge in [-0.3, -0.25) is 4.79 Å². The van der Waals surface area contributed by atoms with Gasteiger partial charge >= 0.3 is 12.2 Å². The van der Waals surface area contributed by atoms with Crippen molar-refractivity contribution < 1.29 is 9.58 Å². The van der Waals surface area contributed by atoms with E-state index in [9.17, 15) is 4.79 Å². The van der Waals surface area contributed by atoms with Crippen LogP contribution in [0.2, 0.25) is 0 Å². The van der Waals surface area contributed by atoms with E-state index in [1.54, 1.807) is 11.2 Å². The van der Waals surface area contributed by atoms with Crippen molar-refractivity contribution in [1.29, 1.82) is 0 Å². The lowest BCUT2D eigenvalue weighted by atomic mass is 10.0. The van der Waals surface area contributed by atoms with E-state index in [0.717, 1.165) is 47.6 Å². The fourth-order valence-corrected chi connectivity index (χ4v) is 3.25. The van der Waals surface area contributed by atoms with Gasteiger partial charge in [0.1, 0.15) is 0 Å². The lowest BCUT2D eigenvalue weighted by Gasteiger charge is -2.06. The molecule has 2 heterocycles. The molecule has 1 N–H and O–H groups in total. The number of carbonyl (C=O) groups excluding carboxylic acids is 1. The lowest BCUT2D eigenvalue weighted by molar-refractivity contribution is -0.0718. The SMILES string of the molecule is CCC1=CC(NC(=O)c2ccc(C)c(C#CC3=[N+]=NC4=CC(CC)=[N+]=CN43)c2)=CC1. The van der Waals surface area contributed by atoms with E-state index in [2.05, 4.69) is 38.7 Å². The molecule has 0 radical (unpaired) electrons. The number of amidine groups is 1. The van der Waals surface area contributed by atoms with Crippen LogP contribution in [0.4, 0.5) is 0 Å². The van der Waals surface area contributed by atoms with Crippen LogP contribution in [0.3, 0.4) is 0 Å². The van der Waals surface area contributed by atoms with Crippen molar-refractivity contribution in [3.05, 3.63) is 70.2 Å². The van der Waals surface area contributed by atoms with Crippen LogP contribution in [0.15, 0.2) is 58.6 Å². The molecule has 148 valence electrons. The first kappa shape index (κ1) is 19.4. The van der Waals surface area contributed by atoms with Crippen LogP contribution < -0.4 is 9.98 Å². The molecule has 0 spiro atoms. The quantitative estimate of drug-likeness (QED) is 0.627. The summed E-state index contributed by atoms with van der Waals surface area (Å²) in [6, 6.07) is 5.54.